The molecule has 3 aromatic carbocycles. The van der Waals surface area contributed by atoms with Gasteiger partial charge in [0.05, 0.1) is 17.0 Å². The lowest BCUT2D eigenvalue weighted by Gasteiger charge is -2.36. The van der Waals surface area contributed by atoms with E-state index >= 15 is 4.39 Å². The molecule has 0 spiro atoms. The minimum Gasteiger partial charge on any atom is -0.481 e. The number of likely N-dealkylation sites (tertiary alicyclic amines) is 1. The zero-order chi connectivity index (χ0) is 24.0. The normalized spacial score (nSPS) is 14.9. The molecule has 1 aliphatic heterocycles. The van der Waals surface area contributed by atoms with E-state index in [1.165, 1.54) is 18.3 Å². The molecule has 0 radical (unpaired) electrons. The molecule has 5 nitrogen and oxygen atoms in total. The SMILES string of the molecule is O=C(O)C1CN(Cc2ccc3cn(-c4cc(C(F)(F)F)c(-c5ccccc5)cc4F)nc3c2)C1. The van der Waals surface area contributed by atoms with Gasteiger partial charge in [-0.2, -0.15) is 18.3 Å². The summed E-state index contributed by atoms with van der Waals surface area (Å²) in [6.07, 6.45) is -3.19. The number of halogens is 4. The number of carboxylic acids is 1. The van der Waals surface area contributed by atoms with Crippen molar-refractivity contribution in [3.05, 3.63) is 83.8 Å². The van der Waals surface area contributed by atoms with Crippen LogP contribution in [0.2, 0.25) is 0 Å². The van der Waals surface area contributed by atoms with Crippen molar-refractivity contribution in [3.63, 3.8) is 0 Å². The second kappa shape index (κ2) is 8.25. The molecule has 1 N–H and O–H groups in total. The Morgan fingerprint density at radius 1 is 1.06 bits per heavy atom. The van der Waals surface area contributed by atoms with Crippen LogP contribution in [0.4, 0.5) is 17.6 Å². The molecule has 174 valence electrons. The van der Waals surface area contributed by atoms with Gasteiger partial charge in [-0.05, 0) is 34.9 Å². The summed E-state index contributed by atoms with van der Waals surface area (Å²) >= 11 is 0. The zero-order valence-corrected chi connectivity index (χ0v) is 17.8. The van der Waals surface area contributed by atoms with E-state index in [1.54, 1.807) is 30.3 Å². The molecule has 0 bridgehead atoms. The Bertz CT molecular complexity index is 1380. The van der Waals surface area contributed by atoms with Crippen molar-refractivity contribution in [1.82, 2.24) is 14.7 Å². The summed E-state index contributed by atoms with van der Waals surface area (Å²) in [5.74, 6) is -2.00. The molecule has 0 aliphatic carbocycles. The van der Waals surface area contributed by atoms with Gasteiger partial charge in [-0.3, -0.25) is 9.69 Å². The maximum absolute atomic E-state index is 15.0. The monoisotopic (exact) mass is 469 g/mol. The van der Waals surface area contributed by atoms with E-state index < -0.39 is 23.5 Å². The molecule has 2 heterocycles. The minimum absolute atomic E-state index is 0.234. The molecule has 5 rings (SSSR count). The Morgan fingerprint density at radius 3 is 2.47 bits per heavy atom. The Balaban J connectivity index is 1.49. The number of carbonyl (C=O) groups is 1. The molecule has 9 heteroatoms. The topological polar surface area (TPSA) is 58.4 Å². The van der Waals surface area contributed by atoms with Crippen LogP contribution in [0, 0.1) is 11.7 Å². The second-order valence-corrected chi connectivity index (χ2v) is 8.41. The van der Waals surface area contributed by atoms with Crippen LogP contribution in [0.5, 0.6) is 0 Å². The Hall–Kier alpha value is -3.72. The van der Waals surface area contributed by atoms with E-state index in [9.17, 15) is 18.0 Å². The lowest BCUT2D eigenvalue weighted by Crippen LogP contribution is -2.49. The van der Waals surface area contributed by atoms with Crippen LogP contribution in [-0.2, 0) is 17.5 Å². The average Bonchev–Trinajstić information content (AvgIpc) is 3.18. The second-order valence-electron chi connectivity index (χ2n) is 8.41. The lowest BCUT2D eigenvalue weighted by molar-refractivity contribution is -0.147. The first-order valence-electron chi connectivity index (χ1n) is 10.6. The van der Waals surface area contributed by atoms with Crippen LogP contribution in [0.25, 0.3) is 27.7 Å². The van der Waals surface area contributed by atoms with Crippen molar-refractivity contribution in [2.75, 3.05) is 13.1 Å². The quantitative estimate of drug-likeness (QED) is 0.400. The van der Waals surface area contributed by atoms with Gasteiger partial charge < -0.3 is 5.11 Å². The third-order valence-electron chi connectivity index (χ3n) is 6.01. The van der Waals surface area contributed by atoms with Crippen LogP contribution < -0.4 is 0 Å². The number of carboxylic acid groups (broad SMARTS) is 1. The fourth-order valence-electron chi connectivity index (χ4n) is 4.23. The number of hydrogen-bond acceptors (Lipinski definition) is 3. The number of fused-ring (bicyclic) bond motifs is 1. The summed E-state index contributed by atoms with van der Waals surface area (Å²) in [6, 6.07) is 15.0. The van der Waals surface area contributed by atoms with E-state index in [0.717, 1.165) is 22.4 Å². The van der Waals surface area contributed by atoms with E-state index in [2.05, 4.69) is 5.10 Å². The van der Waals surface area contributed by atoms with Crippen molar-refractivity contribution in [2.45, 2.75) is 12.7 Å². The number of hydrogen-bond donors (Lipinski definition) is 1. The predicted octanol–water partition coefficient (Wildman–Crippen LogP) is 5.37. The first kappa shape index (κ1) is 22.1. The van der Waals surface area contributed by atoms with Crippen LogP contribution >= 0.6 is 0 Å². The van der Waals surface area contributed by atoms with Gasteiger partial charge in [-0.15, -0.1) is 0 Å². The largest absolute Gasteiger partial charge is 0.481 e. The van der Waals surface area contributed by atoms with Crippen LogP contribution in [0.3, 0.4) is 0 Å². The standard InChI is InChI=1S/C25H19F4N3O2/c26-21-9-19(16-4-2-1-3-5-16)20(25(27,28)29)10-23(21)32-14-17-7-6-15(8-22(17)30-32)11-31-12-18(13-31)24(33)34/h1-10,14,18H,11-13H2,(H,33,34). The fourth-order valence-corrected chi connectivity index (χ4v) is 4.23. The maximum atomic E-state index is 15.0. The number of alkyl halides is 3. The van der Waals surface area contributed by atoms with Gasteiger partial charge in [-0.1, -0.05) is 42.5 Å². The van der Waals surface area contributed by atoms with Crippen LogP contribution in [-0.4, -0.2) is 38.8 Å². The van der Waals surface area contributed by atoms with Gasteiger partial charge in [-0.25, -0.2) is 9.07 Å². The van der Waals surface area contributed by atoms with Gasteiger partial charge in [0.2, 0.25) is 0 Å². The number of aromatic nitrogens is 2. The van der Waals surface area contributed by atoms with E-state index in [-0.39, 0.29) is 22.7 Å². The molecule has 4 aromatic rings. The number of rotatable bonds is 5. The summed E-state index contributed by atoms with van der Waals surface area (Å²) < 4.78 is 57.8. The molecule has 0 atom stereocenters. The summed E-state index contributed by atoms with van der Waals surface area (Å²) in [5.41, 5.74) is 0.192. The summed E-state index contributed by atoms with van der Waals surface area (Å²) in [7, 11) is 0. The number of nitrogens with zero attached hydrogens (tertiary/aromatic N) is 3. The summed E-state index contributed by atoms with van der Waals surface area (Å²) in [4.78, 5) is 12.9. The Labute approximate surface area is 191 Å². The van der Waals surface area contributed by atoms with Gasteiger partial charge in [0, 0.05) is 31.2 Å². The first-order valence-corrected chi connectivity index (χ1v) is 10.6. The summed E-state index contributed by atoms with van der Waals surface area (Å²) in [6.45, 7) is 1.45. The highest BCUT2D eigenvalue weighted by molar-refractivity contribution is 5.79. The Kier molecular flexibility index (Phi) is 5.36. The molecule has 34 heavy (non-hydrogen) atoms. The van der Waals surface area contributed by atoms with E-state index in [1.807, 2.05) is 11.0 Å². The van der Waals surface area contributed by atoms with Crippen molar-refractivity contribution in [1.29, 1.82) is 0 Å². The van der Waals surface area contributed by atoms with Gasteiger partial charge >= 0.3 is 12.1 Å². The molecule has 1 aliphatic rings. The summed E-state index contributed by atoms with van der Waals surface area (Å²) in [5, 5.41) is 14.0. The molecule has 0 unspecified atom stereocenters. The smallest absolute Gasteiger partial charge is 0.417 e. The highest BCUT2D eigenvalue weighted by Crippen LogP contribution is 2.39. The number of aliphatic carboxylic acids is 1. The molecule has 0 saturated carbocycles. The first-order chi connectivity index (χ1) is 16.2. The fraction of sp³-hybridized carbons (Fsp3) is 0.200. The van der Waals surface area contributed by atoms with Crippen molar-refractivity contribution in [3.8, 4) is 16.8 Å². The molecular weight excluding hydrogens is 450 g/mol. The predicted molar refractivity (Wildman–Crippen MR) is 118 cm³/mol. The van der Waals surface area contributed by atoms with Crippen LogP contribution in [0.15, 0.2) is 66.9 Å². The Morgan fingerprint density at radius 2 is 1.79 bits per heavy atom. The molecular formula is C25H19F4N3O2. The molecule has 1 saturated heterocycles. The van der Waals surface area contributed by atoms with Gasteiger partial charge in [0.1, 0.15) is 11.5 Å². The van der Waals surface area contributed by atoms with E-state index in [0.29, 0.717) is 30.5 Å². The molecule has 1 aromatic heterocycles. The highest BCUT2D eigenvalue weighted by Gasteiger charge is 2.35. The maximum Gasteiger partial charge on any atom is 0.417 e. The van der Waals surface area contributed by atoms with Crippen molar-refractivity contribution in [2.24, 2.45) is 5.92 Å². The van der Waals surface area contributed by atoms with Gasteiger partial charge in [0.25, 0.3) is 0 Å². The third kappa shape index (κ3) is 4.14. The zero-order valence-electron chi connectivity index (χ0n) is 17.8. The highest BCUT2D eigenvalue weighted by atomic mass is 19.4. The van der Waals surface area contributed by atoms with Crippen LogP contribution in [0.1, 0.15) is 11.1 Å². The molecule has 0 amide bonds. The lowest BCUT2D eigenvalue weighted by atomic mass is 9.98. The third-order valence-corrected chi connectivity index (χ3v) is 6.01. The van der Waals surface area contributed by atoms with E-state index in [4.69, 9.17) is 5.11 Å². The van der Waals surface area contributed by atoms with Crippen molar-refractivity contribution >= 4 is 16.9 Å². The van der Waals surface area contributed by atoms with Gasteiger partial charge in [0.15, 0.2) is 0 Å². The minimum atomic E-state index is -4.68. The average molecular weight is 469 g/mol. The number of benzene rings is 3. The molecule has 1 fully saturated rings. The van der Waals surface area contributed by atoms with Crippen molar-refractivity contribution < 1.29 is 27.5 Å².